The van der Waals surface area contributed by atoms with Gasteiger partial charge in [-0.25, -0.2) is 4.79 Å². The molecule has 1 N–H and O–H groups in total. The monoisotopic (exact) mass is 236 g/mol. The Morgan fingerprint density at radius 1 is 1.29 bits per heavy atom. The minimum Gasteiger partial charge on any atom is -0.496 e. The van der Waals surface area contributed by atoms with Crippen molar-refractivity contribution in [2.75, 3.05) is 14.2 Å². The molecule has 0 saturated carbocycles. The molecule has 0 amide bonds. The molecule has 0 unspecified atom stereocenters. The molecule has 0 saturated heterocycles. The standard InChI is InChI=1S/C13H16O4/c1-9-7-12(17-3)10(8-11(9)16-2)5-4-6-13(14)15/h4,6-8H,5H2,1-3H3,(H,14,15)/b6-4+. The number of allylic oxidation sites excluding steroid dienone is 1. The molecule has 0 fully saturated rings. The highest BCUT2D eigenvalue weighted by Crippen LogP contribution is 2.28. The van der Waals surface area contributed by atoms with Crippen molar-refractivity contribution in [3.05, 3.63) is 35.4 Å². The van der Waals surface area contributed by atoms with Crippen molar-refractivity contribution in [1.82, 2.24) is 0 Å². The highest BCUT2D eigenvalue weighted by molar-refractivity contribution is 5.79. The largest absolute Gasteiger partial charge is 0.496 e. The van der Waals surface area contributed by atoms with Gasteiger partial charge in [-0.15, -0.1) is 0 Å². The van der Waals surface area contributed by atoms with Crippen LogP contribution in [-0.2, 0) is 11.2 Å². The Balaban J connectivity index is 3.00. The molecular weight excluding hydrogens is 220 g/mol. The van der Waals surface area contributed by atoms with Crippen LogP contribution in [0.15, 0.2) is 24.3 Å². The van der Waals surface area contributed by atoms with Crippen molar-refractivity contribution in [1.29, 1.82) is 0 Å². The van der Waals surface area contributed by atoms with Crippen LogP contribution in [0, 0.1) is 6.92 Å². The van der Waals surface area contributed by atoms with Gasteiger partial charge in [-0.1, -0.05) is 6.08 Å². The van der Waals surface area contributed by atoms with Crippen LogP contribution in [-0.4, -0.2) is 25.3 Å². The number of aryl methyl sites for hydroxylation is 1. The quantitative estimate of drug-likeness (QED) is 0.796. The maximum absolute atomic E-state index is 10.4. The van der Waals surface area contributed by atoms with E-state index >= 15 is 0 Å². The number of carboxylic acids is 1. The fraction of sp³-hybridized carbons (Fsp3) is 0.308. The fourth-order valence-corrected chi connectivity index (χ4v) is 1.56. The normalized spacial score (nSPS) is 10.5. The Labute approximate surface area is 100 Å². The van der Waals surface area contributed by atoms with Crippen molar-refractivity contribution < 1.29 is 19.4 Å². The molecule has 1 aromatic rings. The number of hydrogen-bond donors (Lipinski definition) is 1. The molecule has 17 heavy (non-hydrogen) atoms. The molecule has 0 radical (unpaired) electrons. The number of hydrogen-bond acceptors (Lipinski definition) is 3. The first-order chi connectivity index (χ1) is 8.08. The van der Waals surface area contributed by atoms with Crippen molar-refractivity contribution in [2.24, 2.45) is 0 Å². The van der Waals surface area contributed by atoms with Gasteiger partial charge in [-0.3, -0.25) is 0 Å². The maximum Gasteiger partial charge on any atom is 0.327 e. The predicted molar refractivity (Wildman–Crippen MR) is 64.8 cm³/mol. The second-order valence-electron chi connectivity index (χ2n) is 3.58. The molecule has 0 bridgehead atoms. The van der Waals surface area contributed by atoms with Gasteiger partial charge >= 0.3 is 5.97 Å². The number of aliphatic carboxylic acids is 1. The summed E-state index contributed by atoms with van der Waals surface area (Å²) in [6, 6.07) is 3.74. The molecule has 0 aromatic heterocycles. The second-order valence-corrected chi connectivity index (χ2v) is 3.58. The topological polar surface area (TPSA) is 55.8 Å². The fourth-order valence-electron chi connectivity index (χ4n) is 1.56. The predicted octanol–water partition coefficient (Wildman–Crippen LogP) is 2.20. The van der Waals surface area contributed by atoms with E-state index in [9.17, 15) is 4.79 Å². The van der Waals surface area contributed by atoms with Crippen LogP contribution in [0.5, 0.6) is 11.5 Å². The van der Waals surface area contributed by atoms with Crippen LogP contribution in [0.4, 0.5) is 0 Å². The van der Waals surface area contributed by atoms with Gasteiger partial charge in [0.2, 0.25) is 0 Å². The summed E-state index contributed by atoms with van der Waals surface area (Å²) in [7, 11) is 3.19. The third-order valence-electron chi connectivity index (χ3n) is 2.40. The van der Waals surface area contributed by atoms with Gasteiger partial charge in [-0.2, -0.15) is 0 Å². The van der Waals surface area contributed by atoms with Crippen LogP contribution in [0.2, 0.25) is 0 Å². The Morgan fingerprint density at radius 2 is 1.94 bits per heavy atom. The lowest BCUT2D eigenvalue weighted by molar-refractivity contribution is -0.131. The molecule has 0 heterocycles. The third-order valence-corrected chi connectivity index (χ3v) is 2.40. The summed E-state index contributed by atoms with van der Waals surface area (Å²) in [6.45, 7) is 1.93. The highest BCUT2D eigenvalue weighted by atomic mass is 16.5. The number of carboxylic acid groups (broad SMARTS) is 1. The molecule has 0 aliphatic rings. The van der Waals surface area contributed by atoms with Crippen LogP contribution in [0.1, 0.15) is 11.1 Å². The van der Waals surface area contributed by atoms with E-state index in [0.29, 0.717) is 6.42 Å². The molecule has 0 aliphatic carbocycles. The molecule has 0 atom stereocenters. The Hall–Kier alpha value is -1.97. The Bertz CT molecular complexity index is 435. The first-order valence-electron chi connectivity index (χ1n) is 5.19. The number of carbonyl (C=O) groups is 1. The molecule has 0 aliphatic heterocycles. The second kappa shape index (κ2) is 5.94. The smallest absolute Gasteiger partial charge is 0.327 e. The lowest BCUT2D eigenvalue weighted by atomic mass is 10.1. The lowest BCUT2D eigenvalue weighted by Crippen LogP contribution is -1.96. The summed E-state index contributed by atoms with van der Waals surface area (Å²) in [5.41, 5.74) is 1.88. The van der Waals surface area contributed by atoms with E-state index in [-0.39, 0.29) is 0 Å². The molecule has 1 rings (SSSR count). The molecular formula is C13H16O4. The Kier molecular flexibility index (Phi) is 4.57. The van der Waals surface area contributed by atoms with Crippen LogP contribution in [0.3, 0.4) is 0 Å². The van der Waals surface area contributed by atoms with Gasteiger partial charge in [0.25, 0.3) is 0 Å². The minimum absolute atomic E-state index is 0.492. The highest BCUT2D eigenvalue weighted by Gasteiger charge is 2.07. The van der Waals surface area contributed by atoms with Crippen LogP contribution in [0.25, 0.3) is 0 Å². The summed E-state index contributed by atoms with van der Waals surface area (Å²) in [4.78, 5) is 10.4. The van der Waals surface area contributed by atoms with Crippen molar-refractivity contribution in [3.8, 4) is 11.5 Å². The molecule has 0 spiro atoms. The third kappa shape index (κ3) is 3.52. The van der Waals surface area contributed by atoms with Gasteiger partial charge in [0.15, 0.2) is 0 Å². The van der Waals surface area contributed by atoms with Gasteiger partial charge in [-0.05, 0) is 31.0 Å². The number of methoxy groups -OCH3 is 2. The summed E-state index contributed by atoms with van der Waals surface area (Å²) < 4.78 is 10.5. The first kappa shape index (κ1) is 13.1. The van der Waals surface area contributed by atoms with E-state index in [1.807, 2.05) is 19.1 Å². The summed E-state index contributed by atoms with van der Waals surface area (Å²) in [6.07, 6.45) is 3.19. The maximum atomic E-state index is 10.4. The van der Waals surface area contributed by atoms with Crippen molar-refractivity contribution in [3.63, 3.8) is 0 Å². The minimum atomic E-state index is -0.956. The van der Waals surface area contributed by atoms with Crippen molar-refractivity contribution in [2.45, 2.75) is 13.3 Å². The van der Waals surface area contributed by atoms with E-state index in [1.54, 1.807) is 20.3 Å². The lowest BCUT2D eigenvalue weighted by Gasteiger charge is -2.11. The van der Waals surface area contributed by atoms with Crippen LogP contribution >= 0.6 is 0 Å². The number of ether oxygens (including phenoxy) is 2. The van der Waals surface area contributed by atoms with Gasteiger partial charge in [0, 0.05) is 11.6 Å². The van der Waals surface area contributed by atoms with Crippen molar-refractivity contribution >= 4 is 5.97 Å². The zero-order valence-corrected chi connectivity index (χ0v) is 10.2. The number of benzene rings is 1. The van der Waals surface area contributed by atoms with E-state index < -0.39 is 5.97 Å². The van der Waals surface area contributed by atoms with Crippen LogP contribution < -0.4 is 9.47 Å². The molecule has 4 heteroatoms. The average molecular weight is 236 g/mol. The zero-order chi connectivity index (χ0) is 12.8. The number of rotatable bonds is 5. The van der Waals surface area contributed by atoms with E-state index in [2.05, 4.69) is 0 Å². The van der Waals surface area contributed by atoms with Gasteiger partial charge in [0.1, 0.15) is 11.5 Å². The van der Waals surface area contributed by atoms with E-state index in [4.69, 9.17) is 14.6 Å². The summed E-state index contributed by atoms with van der Waals surface area (Å²) in [5, 5.41) is 8.52. The van der Waals surface area contributed by atoms with Gasteiger partial charge < -0.3 is 14.6 Å². The molecule has 1 aromatic carbocycles. The summed E-state index contributed by atoms with van der Waals surface area (Å²) >= 11 is 0. The molecule has 92 valence electrons. The first-order valence-corrected chi connectivity index (χ1v) is 5.19. The SMILES string of the molecule is COc1cc(C/C=C/C(=O)O)c(OC)cc1C. The van der Waals surface area contributed by atoms with Gasteiger partial charge in [0.05, 0.1) is 14.2 Å². The average Bonchev–Trinajstić information content (AvgIpc) is 2.30. The Morgan fingerprint density at radius 3 is 2.47 bits per heavy atom. The summed E-state index contributed by atoms with van der Waals surface area (Å²) in [5.74, 6) is 0.547. The van der Waals surface area contributed by atoms with E-state index in [0.717, 1.165) is 28.7 Å². The molecule has 4 nitrogen and oxygen atoms in total. The van der Waals surface area contributed by atoms with E-state index in [1.165, 1.54) is 0 Å². The zero-order valence-electron chi connectivity index (χ0n) is 10.2.